The molecule has 1 aromatic rings. The van der Waals surface area contributed by atoms with Crippen molar-refractivity contribution in [2.75, 3.05) is 18.6 Å². The summed E-state index contributed by atoms with van der Waals surface area (Å²) in [7, 11) is -3.20. The van der Waals surface area contributed by atoms with Crippen LogP contribution in [0.5, 0.6) is 0 Å². The van der Waals surface area contributed by atoms with Crippen molar-refractivity contribution in [2.45, 2.75) is 35.6 Å². The molecule has 118 valence electrons. The molecule has 7 heteroatoms. The maximum Gasteiger partial charge on any atom is 0.324 e. The first-order valence-electron chi connectivity index (χ1n) is 6.60. The van der Waals surface area contributed by atoms with Gasteiger partial charge in [0.05, 0.1) is 4.90 Å². The third kappa shape index (κ3) is 5.33. The monoisotopic (exact) mass is 331 g/mol. The van der Waals surface area contributed by atoms with E-state index in [0.717, 1.165) is 17.6 Å². The Morgan fingerprint density at radius 1 is 1.33 bits per heavy atom. The van der Waals surface area contributed by atoms with Crippen molar-refractivity contribution in [2.24, 2.45) is 0 Å². The molecule has 0 saturated carbocycles. The van der Waals surface area contributed by atoms with E-state index in [-0.39, 0.29) is 4.90 Å². The smallest absolute Gasteiger partial charge is 0.324 e. The molecular weight excluding hydrogens is 310 g/mol. The summed E-state index contributed by atoms with van der Waals surface area (Å²) >= 11 is 1.39. The van der Waals surface area contributed by atoms with Crippen molar-refractivity contribution in [3.8, 4) is 0 Å². The van der Waals surface area contributed by atoms with Crippen LogP contribution >= 0.6 is 11.8 Å². The molecule has 2 N–H and O–H groups in total. The Morgan fingerprint density at radius 3 is 2.33 bits per heavy atom. The van der Waals surface area contributed by atoms with Gasteiger partial charge in [-0.25, -0.2) is 8.42 Å². The lowest BCUT2D eigenvalue weighted by Gasteiger charge is -2.25. The first kappa shape index (κ1) is 18.0. The number of rotatable bonds is 8. The first-order valence-corrected chi connectivity index (χ1v) is 9.48. The standard InChI is InChI=1S/C14H21NO4S2/c1-4-9-15-14(2,13(16)17)10-20-11-5-7-12(8-6-11)21(3,18)19/h5-8,15H,4,9-10H2,1-3H3,(H,16,17). The van der Waals surface area contributed by atoms with Crippen LogP contribution in [0.2, 0.25) is 0 Å². The van der Waals surface area contributed by atoms with Gasteiger partial charge in [0.1, 0.15) is 5.54 Å². The second kappa shape index (κ2) is 7.29. The van der Waals surface area contributed by atoms with E-state index < -0.39 is 21.3 Å². The molecule has 1 aromatic carbocycles. The average molecular weight is 331 g/mol. The quantitative estimate of drug-likeness (QED) is 0.709. The number of aliphatic carboxylic acids is 1. The highest BCUT2D eigenvalue weighted by Crippen LogP contribution is 2.24. The van der Waals surface area contributed by atoms with Gasteiger partial charge >= 0.3 is 5.97 Å². The Hall–Kier alpha value is -1.05. The fraction of sp³-hybridized carbons (Fsp3) is 0.500. The molecule has 1 rings (SSSR count). The topological polar surface area (TPSA) is 83.5 Å². The van der Waals surface area contributed by atoms with E-state index in [4.69, 9.17) is 0 Å². The lowest BCUT2D eigenvalue weighted by atomic mass is 10.1. The number of sulfone groups is 1. The van der Waals surface area contributed by atoms with Crippen molar-refractivity contribution in [3.63, 3.8) is 0 Å². The Balaban J connectivity index is 2.75. The van der Waals surface area contributed by atoms with E-state index in [1.165, 1.54) is 23.9 Å². The van der Waals surface area contributed by atoms with Gasteiger partial charge in [-0.2, -0.15) is 0 Å². The number of carboxylic acids is 1. The van der Waals surface area contributed by atoms with Crippen LogP contribution in [0.4, 0.5) is 0 Å². The summed E-state index contributed by atoms with van der Waals surface area (Å²) in [6.07, 6.45) is 2.02. The van der Waals surface area contributed by atoms with Crippen LogP contribution in [0.15, 0.2) is 34.1 Å². The van der Waals surface area contributed by atoms with Crippen LogP contribution in [0.3, 0.4) is 0 Å². The van der Waals surface area contributed by atoms with Crippen molar-refractivity contribution in [1.82, 2.24) is 5.32 Å². The highest BCUT2D eigenvalue weighted by molar-refractivity contribution is 7.99. The van der Waals surface area contributed by atoms with Gasteiger partial charge in [0.15, 0.2) is 9.84 Å². The fourth-order valence-corrected chi connectivity index (χ4v) is 3.24. The highest BCUT2D eigenvalue weighted by atomic mass is 32.2. The Kier molecular flexibility index (Phi) is 6.24. The zero-order chi connectivity index (χ0) is 16.1. The van der Waals surface area contributed by atoms with Gasteiger partial charge in [0, 0.05) is 16.9 Å². The zero-order valence-corrected chi connectivity index (χ0v) is 14.1. The van der Waals surface area contributed by atoms with Crippen molar-refractivity contribution in [1.29, 1.82) is 0 Å². The number of benzene rings is 1. The molecule has 0 fully saturated rings. The minimum atomic E-state index is -3.20. The molecule has 0 bridgehead atoms. The molecule has 0 spiro atoms. The molecule has 0 radical (unpaired) electrons. The first-order chi connectivity index (χ1) is 9.69. The molecule has 0 aliphatic rings. The largest absolute Gasteiger partial charge is 0.480 e. The molecule has 0 aliphatic carbocycles. The summed E-state index contributed by atoms with van der Waals surface area (Å²) in [5.74, 6) is -0.531. The van der Waals surface area contributed by atoms with Crippen LogP contribution in [0.25, 0.3) is 0 Å². The molecule has 0 aromatic heterocycles. The lowest BCUT2D eigenvalue weighted by Crippen LogP contribution is -2.51. The van der Waals surface area contributed by atoms with Gasteiger partial charge < -0.3 is 10.4 Å². The minimum absolute atomic E-state index is 0.261. The maximum atomic E-state index is 11.4. The Bertz CT molecular complexity index is 583. The van der Waals surface area contributed by atoms with Crippen LogP contribution in [0.1, 0.15) is 20.3 Å². The maximum absolute atomic E-state index is 11.4. The molecule has 21 heavy (non-hydrogen) atoms. The molecular formula is C14H21NO4S2. The third-order valence-corrected chi connectivity index (χ3v) is 5.47. The van der Waals surface area contributed by atoms with Gasteiger partial charge in [-0.15, -0.1) is 11.8 Å². The number of carbonyl (C=O) groups is 1. The van der Waals surface area contributed by atoms with Gasteiger partial charge in [-0.3, -0.25) is 4.79 Å². The number of hydrogen-bond acceptors (Lipinski definition) is 5. The Morgan fingerprint density at radius 2 is 1.90 bits per heavy atom. The summed E-state index contributed by atoms with van der Waals surface area (Å²) in [6, 6.07) is 6.47. The number of carboxylic acid groups (broad SMARTS) is 1. The van der Waals surface area contributed by atoms with Crippen LogP contribution in [-0.4, -0.2) is 43.6 Å². The predicted molar refractivity (Wildman–Crippen MR) is 84.6 cm³/mol. The predicted octanol–water partition coefficient (Wildman–Crippen LogP) is 2.03. The average Bonchev–Trinajstić information content (AvgIpc) is 2.42. The summed E-state index contributed by atoms with van der Waals surface area (Å²) in [5, 5.41) is 12.4. The number of nitrogens with one attached hydrogen (secondary N) is 1. The molecule has 1 unspecified atom stereocenters. The van der Waals surface area contributed by atoms with Crippen molar-refractivity contribution >= 4 is 27.6 Å². The SMILES string of the molecule is CCCNC(C)(CSc1ccc(S(C)(=O)=O)cc1)C(=O)O. The van der Waals surface area contributed by atoms with Crippen molar-refractivity contribution in [3.05, 3.63) is 24.3 Å². The summed E-state index contributed by atoms with van der Waals surface area (Å²) in [4.78, 5) is 12.5. The van der Waals surface area contributed by atoms with Gasteiger partial charge in [-0.05, 0) is 44.2 Å². The van der Waals surface area contributed by atoms with E-state index in [1.807, 2.05) is 6.92 Å². The highest BCUT2D eigenvalue weighted by Gasteiger charge is 2.32. The van der Waals surface area contributed by atoms with E-state index >= 15 is 0 Å². The summed E-state index contributed by atoms with van der Waals surface area (Å²) in [6.45, 7) is 4.27. The zero-order valence-electron chi connectivity index (χ0n) is 12.4. The number of hydrogen-bond donors (Lipinski definition) is 2. The van der Waals surface area contributed by atoms with Crippen LogP contribution in [-0.2, 0) is 14.6 Å². The van der Waals surface area contributed by atoms with Crippen molar-refractivity contribution < 1.29 is 18.3 Å². The number of thioether (sulfide) groups is 1. The summed E-state index contributed by atoms with van der Waals surface area (Å²) < 4.78 is 22.7. The van der Waals surface area contributed by atoms with Crippen LogP contribution in [0, 0.1) is 0 Å². The van der Waals surface area contributed by atoms with Crippen LogP contribution < -0.4 is 5.32 Å². The Labute approximate surface area is 130 Å². The molecule has 0 saturated heterocycles. The van der Waals surface area contributed by atoms with E-state index in [2.05, 4.69) is 5.32 Å². The molecule has 0 aliphatic heterocycles. The fourth-order valence-electron chi connectivity index (χ4n) is 1.60. The van der Waals surface area contributed by atoms with E-state index in [9.17, 15) is 18.3 Å². The summed E-state index contributed by atoms with van der Waals surface area (Å²) in [5.41, 5.74) is -1.00. The molecule has 0 amide bonds. The third-order valence-electron chi connectivity index (χ3n) is 3.02. The molecule has 0 heterocycles. The van der Waals surface area contributed by atoms with E-state index in [0.29, 0.717) is 12.3 Å². The van der Waals surface area contributed by atoms with E-state index in [1.54, 1.807) is 19.1 Å². The minimum Gasteiger partial charge on any atom is -0.480 e. The molecule has 1 atom stereocenters. The van der Waals surface area contributed by atoms with Gasteiger partial charge in [0.25, 0.3) is 0 Å². The molecule has 5 nitrogen and oxygen atoms in total. The van der Waals surface area contributed by atoms with Gasteiger partial charge in [-0.1, -0.05) is 6.92 Å². The second-order valence-electron chi connectivity index (χ2n) is 5.10. The second-order valence-corrected chi connectivity index (χ2v) is 8.16. The normalized spacial score (nSPS) is 14.6. The van der Waals surface area contributed by atoms with Gasteiger partial charge in [0.2, 0.25) is 0 Å². The lowest BCUT2D eigenvalue weighted by molar-refractivity contribution is -0.143.